The lowest BCUT2D eigenvalue weighted by atomic mass is 10.1. The Hall–Kier alpha value is -1.39. The van der Waals surface area contributed by atoms with Gasteiger partial charge in [-0.2, -0.15) is 0 Å². The first kappa shape index (κ1) is 13.7. The molecule has 1 unspecified atom stereocenters. The van der Waals surface area contributed by atoms with E-state index < -0.39 is 5.97 Å². The minimum atomic E-state index is -0.801. The van der Waals surface area contributed by atoms with Crippen LogP contribution < -0.4 is 5.32 Å². The summed E-state index contributed by atoms with van der Waals surface area (Å²) in [4.78, 5) is 10.5. The van der Waals surface area contributed by atoms with Gasteiger partial charge >= 0.3 is 5.97 Å². The number of carbonyl (C=O) groups is 1. The molecule has 4 heteroatoms. The van der Waals surface area contributed by atoms with Crippen LogP contribution in [0.1, 0.15) is 18.1 Å². The van der Waals surface area contributed by atoms with Crippen molar-refractivity contribution in [2.45, 2.75) is 25.9 Å². The number of benzene rings is 1. The maximum Gasteiger partial charge on any atom is 0.307 e. The van der Waals surface area contributed by atoms with E-state index in [2.05, 4.69) is 12.2 Å². The first-order chi connectivity index (χ1) is 8.11. The van der Waals surface area contributed by atoms with Crippen molar-refractivity contribution >= 4 is 5.97 Å². The Morgan fingerprint density at radius 1 is 1.35 bits per heavy atom. The van der Waals surface area contributed by atoms with Crippen molar-refractivity contribution in [1.82, 2.24) is 5.32 Å². The lowest BCUT2D eigenvalue weighted by Crippen LogP contribution is -2.29. The summed E-state index contributed by atoms with van der Waals surface area (Å²) in [7, 11) is 1.68. The van der Waals surface area contributed by atoms with Crippen molar-refractivity contribution in [3.8, 4) is 0 Å². The molecule has 4 nitrogen and oxygen atoms in total. The van der Waals surface area contributed by atoms with Gasteiger partial charge in [0, 0.05) is 19.7 Å². The van der Waals surface area contributed by atoms with Gasteiger partial charge in [0.2, 0.25) is 0 Å². The number of aliphatic carboxylic acids is 1. The third-order valence-corrected chi connectivity index (χ3v) is 2.45. The molecule has 1 rings (SSSR count). The van der Waals surface area contributed by atoms with Crippen LogP contribution in [-0.2, 0) is 22.5 Å². The second kappa shape index (κ2) is 7.04. The second-order valence-corrected chi connectivity index (χ2v) is 4.12. The summed E-state index contributed by atoms with van der Waals surface area (Å²) in [6.45, 7) is 3.50. The highest BCUT2D eigenvalue weighted by Crippen LogP contribution is 2.05. The van der Waals surface area contributed by atoms with Crippen LogP contribution in [0.2, 0.25) is 0 Å². The largest absolute Gasteiger partial charge is 0.481 e. The molecule has 0 heterocycles. The van der Waals surface area contributed by atoms with Gasteiger partial charge in [0.25, 0.3) is 0 Å². The smallest absolute Gasteiger partial charge is 0.307 e. The Labute approximate surface area is 102 Å². The molecular formula is C13H19NO3. The Morgan fingerprint density at radius 2 is 1.94 bits per heavy atom. The molecule has 1 aromatic carbocycles. The predicted octanol–water partition coefficient (Wildman–Crippen LogP) is 1.44. The molecule has 1 atom stereocenters. The van der Waals surface area contributed by atoms with E-state index in [1.807, 2.05) is 24.3 Å². The molecule has 2 N–H and O–H groups in total. The van der Waals surface area contributed by atoms with Crippen LogP contribution in [0, 0.1) is 0 Å². The van der Waals surface area contributed by atoms with Crippen molar-refractivity contribution < 1.29 is 14.6 Å². The summed E-state index contributed by atoms with van der Waals surface area (Å²) in [5.41, 5.74) is 1.97. The van der Waals surface area contributed by atoms with Gasteiger partial charge in [-0.1, -0.05) is 24.3 Å². The van der Waals surface area contributed by atoms with Crippen LogP contribution in [0.4, 0.5) is 0 Å². The molecule has 0 spiro atoms. The van der Waals surface area contributed by atoms with Gasteiger partial charge in [0.15, 0.2) is 0 Å². The van der Waals surface area contributed by atoms with Crippen molar-refractivity contribution in [3.05, 3.63) is 35.4 Å². The number of rotatable bonds is 7. The molecule has 0 saturated heterocycles. The third-order valence-electron chi connectivity index (χ3n) is 2.45. The number of nitrogens with one attached hydrogen (secondary N) is 1. The van der Waals surface area contributed by atoms with Crippen molar-refractivity contribution in [2.75, 3.05) is 13.7 Å². The molecule has 0 saturated carbocycles. The normalized spacial score (nSPS) is 12.4. The minimum Gasteiger partial charge on any atom is -0.481 e. The van der Waals surface area contributed by atoms with E-state index in [1.165, 1.54) is 0 Å². The molecule has 0 bridgehead atoms. The Kier molecular flexibility index (Phi) is 5.66. The number of carboxylic acid groups (broad SMARTS) is 1. The van der Waals surface area contributed by atoms with Crippen LogP contribution in [-0.4, -0.2) is 30.8 Å². The number of ether oxygens (including phenoxy) is 1. The van der Waals surface area contributed by atoms with Gasteiger partial charge in [0.05, 0.1) is 13.0 Å². The first-order valence-electron chi connectivity index (χ1n) is 5.63. The molecule has 0 aliphatic carbocycles. The highest BCUT2D eigenvalue weighted by atomic mass is 16.5. The molecule has 0 radical (unpaired) electrons. The fourth-order valence-corrected chi connectivity index (χ4v) is 1.55. The highest BCUT2D eigenvalue weighted by Gasteiger charge is 2.02. The Balaban J connectivity index is 2.42. The summed E-state index contributed by atoms with van der Waals surface area (Å²) < 4.78 is 5.03. The molecule has 0 amide bonds. The average molecular weight is 237 g/mol. The van der Waals surface area contributed by atoms with E-state index in [0.29, 0.717) is 12.6 Å². The van der Waals surface area contributed by atoms with Gasteiger partial charge < -0.3 is 15.2 Å². The summed E-state index contributed by atoms with van der Waals surface area (Å²) in [6.07, 6.45) is 0.0772. The zero-order valence-electron chi connectivity index (χ0n) is 10.3. The molecule has 1 aromatic rings. The summed E-state index contributed by atoms with van der Waals surface area (Å²) in [6, 6.07) is 7.91. The number of hydrogen-bond acceptors (Lipinski definition) is 3. The maximum atomic E-state index is 10.5. The van der Waals surface area contributed by atoms with Gasteiger partial charge in [-0.3, -0.25) is 4.79 Å². The highest BCUT2D eigenvalue weighted by molar-refractivity contribution is 5.70. The molecule has 0 fully saturated rings. The summed E-state index contributed by atoms with van der Waals surface area (Å²) >= 11 is 0. The number of carboxylic acids is 1. The molecule has 0 aliphatic heterocycles. The molecule has 0 aliphatic rings. The molecule has 94 valence electrons. The minimum absolute atomic E-state index is 0.0772. The molecular weight excluding hydrogens is 218 g/mol. The van der Waals surface area contributed by atoms with E-state index in [9.17, 15) is 4.79 Å². The standard InChI is InChI=1S/C13H19NO3/c1-10(9-17-2)14-8-12-5-3-11(4-6-12)7-13(15)16/h3-6,10,14H,7-9H2,1-2H3,(H,15,16). The van der Waals surface area contributed by atoms with Gasteiger partial charge in [-0.05, 0) is 18.1 Å². The predicted molar refractivity (Wildman–Crippen MR) is 66.0 cm³/mol. The zero-order valence-corrected chi connectivity index (χ0v) is 10.3. The van der Waals surface area contributed by atoms with Crippen LogP contribution in [0.3, 0.4) is 0 Å². The second-order valence-electron chi connectivity index (χ2n) is 4.12. The van der Waals surface area contributed by atoms with Crippen LogP contribution in [0.15, 0.2) is 24.3 Å². The Morgan fingerprint density at radius 3 is 2.47 bits per heavy atom. The van der Waals surface area contributed by atoms with Gasteiger partial charge in [-0.25, -0.2) is 0 Å². The van der Waals surface area contributed by atoms with E-state index in [4.69, 9.17) is 9.84 Å². The van der Waals surface area contributed by atoms with E-state index in [-0.39, 0.29) is 6.42 Å². The Bertz CT molecular complexity index is 348. The van der Waals surface area contributed by atoms with Crippen LogP contribution in [0.5, 0.6) is 0 Å². The van der Waals surface area contributed by atoms with Crippen LogP contribution in [0.25, 0.3) is 0 Å². The zero-order chi connectivity index (χ0) is 12.7. The fourth-order valence-electron chi connectivity index (χ4n) is 1.55. The fraction of sp³-hybridized carbons (Fsp3) is 0.462. The van der Waals surface area contributed by atoms with E-state index in [1.54, 1.807) is 7.11 Å². The quantitative estimate of drug-likeness (QED) is 0.753. The lowest BCUT2D eigenvalue weighted by Gasteiger charge is -2.12. The SMILES string of the molecule is COCC(C)NCc1ccc(CC(=O)O)cc1. The van der Waals surface area contributed by atoms with E-state index in [0.717, 1.165) is 17.7 Å². The lowest BCUT2D eigenvalue weighted by molar-refractivity contribution is -0.136. The summed E-state index contributed by atoms with van der Waals surface area (Å²) in [5.74, 6) is -0.801. The average Bonchev–Trinajstić information content (AvgIpc) is 2.28. The number of hydrogen-bond donors (Lipinski definition) is 2. The van der Waals surface area contributed by atoms with Gasteiger partial charge in [0.1, 0.15) is 0 Å². The van der Waals surface area contributed by atoms with Crippen molar-refractivity contribution in [1.29, 1.82) is 0 Å². The maximum absolute atomic E-state index is 10.5. The topological polar surface area (TPSA) is 58.6 Å². The first-order valence-corrected chi connectivity index (χ1v) is 5.63. The molecule has 0 aromatic heterocycles. The summed E-state index contributed by atoms with van der Waals surface area (Å²) in [5, 5.41) is 12.0. The van der Waals surface area contributed by atoms with Crippen molar-refractivity contribution in [2.24, 2.45) is 0 Å². The van der Waals surface area contributed by atoms with E-state index >= 15 is 0 Å². The monoisotopic (exact) mass is 237 g/mol. The molecule has 17 heavy (non-hydrogen) atoms. The van der Waals surface area contributed by atoms with Crippen molar-refractivity contribution in [3.63, 3.8) is 0 Å². The van der Waals surface area contributed by atoms with Crippen LogP contribution >= 0.6 is 0 Å². The third kappa shape index (κ3) is 5.47. The number of methoxy groups -OCH3 is 1. The van der Waals surface area contributed by atoms with Gasteiger partial charge in [-0.15, -0.1) is 0 Å².